The van der Waals surface area contributed by atoms with Crippen LogP contribution in [0.5, 0.6) is 0 Å². The summed E-state index contributed by atoms with van der Waals surface area (Å²) >= 11 is 0. The van der Waals surface area contributed by atoms with E-state index in [1.807, 2.05) is 26.0 Å². The number of hydrogen-bond acceptors (Lipinski definition) is 3. The molecule has 6 heteroatoms. The van der Waals surface area contributed by atoms with Gasteiger partial charge in [-0.3, -0.25) is 9.52 Å². The van der Waals surface area contributed by atoms with Gasteiger partial charge in [0, 0.05) is 11.6 Å². The fourth-order valence-corrected chi connectivity index (χ4v) is 4.04. The van der Waals surface area contributed by atoms with Crippen LogP contribution in [0.4, 0.5) is 5.69 Å². The monoisotopic (exact) mass is 342 g/mol. The maximum Gasteiger partial charge on any atom is 0.270 e. The first kappa shape index (κ1) is 16.4. The standard InChI is InChI=1S/C18H18N2O3S/c1-11-4-6-16(13(3)8-11)20-24(22,23)14-5-7-17-15(10-14)12(2)9-18(21)19-17/h4-10,14,20H,1-3H3. The third kappa shape index (κ3) is 3.10. The number of nitrogens with one attached hydrogen (secondary N) is 1. The molecule has 1 aliphatic heterocycles. The third-order valence-electron chi connectivity index (χ3n) is 4.04. The van der Waals surface area contributed by atoms with Crippen LogP contribution in [-0.4, -0.2) is 25.3 Å². The van der Waals surface area contributed by atoms with Gasteiger partial charge >= 0.3 is 0 Å². The first-order valence-electron chi connectivity index (χ1n) is 7.57. The van der Waals surface area contributed by atoms with Gasteiger partial charge in [-0.25, -0.2) is 13.4 Å². The predicted molar refractivity (Wildman–Crippen MR) is 95.7 cm³/mol. The van der Waals surface area contributed by atoms with Gasteiger partial charge in [0.2, 0.25) is 10.0 Å². The average Bonchev–Trinajstić information content (AvgIpc) is 2.49. The van der Waals surface area contributed by atoms with Gasteiger partial charge in [0.25, 0.3) is 5.91 Å². The molecule has 1 aromatic carbocycles. The van der Waals surface area contributed by atoms with E-state index in [0.717, 1.165) is 16.7 Å². The van der Waals surface area contributed by atoms with Crippen LogP contribution in [-0.2, 0) is 14.8 Å². The number of anilines is 1. The van der Waals surface area contributed by atoms with Gasteiger partial charge < -0.3 is 0 Å². The van der Waals surface area contributed by atoms with Crippen molar-refractivity contribution in [2.75, 3.05) is 4.72 Å². The topological polar surface area (TPSA) is 75.6 Å². The fourth-order valence-electron chi connectivity index (χ4n) is 2.77. The zero-order valence-corrected chi connectivity index (χ0v) is 14.5. The Morgan fingerprint density at radius 3 is 2.62 bits per heavy atom. The number of dihydropyridines is 1. The molecule has 0 spiro atoms. The van der Waals surface area contributed by atoms with Gasteiger partial charge in [-0.1, -0.05) is 29.8 Å². The second-order valence-electron chi connectivity index (χ2n) is 6.03. The second-order valence-corrected chi connectivity index (χ2v) is 7.87. The van der Waals surface area contributed by atoms with Crippen LogP contribution in [0.25, 0.3) is 0 Å². The maximum absolute atomic E-state index is 12.7. The van der Waals surface area contributed by atoms with Crippen molar-refractivity contribution < 1.29 is 13.2 Å². The minimum atomic E-state index is -3.64. The third-order valence-corrected chi connectivity index (χ3v) is 5.55. The summed E-state index contributed by atoms with van der Waals surface area (Å²) in [6.45, 7) is 5.60. The van der Waals surface area contributed by atoms with Crippen LogP contribution in [0.1, 0.15) is 18.1 Å². The van der Waals surface area contributed by atoms with Gasteiger partial charge in [0.1, 0.15) is 5.25 Å². The summed E-state index contributed by atoms with van der Waals surface area (Å²) < 4.78 is 28.1. The first-order chi connectivity index (χ1) is 11.3. The predicted octanol–water partition coefficient (Wildman–Crippen LogP) is 2.84. The number of carbonyl (C=O) groups is 1. The molecule has 1 amide bonds. The van der Waals surface area contributed by atoms with Gasteiger partial charge in [-0.05, 0) is 44.1 Å². The number of aryl methyl sites for hydroxylation is 2. The van der Waals surface area contributed by atoms with Crippen LogP contribution in [0.2, 0.25) is 0 Å². The molecule has 124 valence electrons. The smallest absolute Gasteiger partial charge is 0.270 e. The number of benzene rings is 1. The highest BCUT2D eigenvalue weighted by molar-refractivity contribution is 7.93. The molecule has 1 unspecified atom stereocenters. The van der Waals surface area contributed by atoms with Gasteiger partial charge in [0.05, 0.1) is 11.4 Å². The SMILES string of the molecule is CC1=CC(=O)N=C2C=CC(S(=O)(=O)Nc3ccc(C)cc3C)C=C12. The first-order valence-corrected chi connectivity index (χ1v) is 9.11. The van der Waals surface area contributed by atoms with Crippen molar-refractivity contribution in [2.24, 2.45) is 4.99 Å². The molecule has 3 rings (SSSR count). The Hall–Kier alpha value is -2.47. The number of carbonyl (C=O) groups excluding carboxylic acids is 1. The number of amides is 1. The second kappa shape index (κ2) is 5.87. The van der Waals surface area contributed by atoms with E-state index in [0.29, 0.717) is 17.0 Å². The summed E-state index contributed by atoms with van der Waals surface area (Å²) in [5.41, 5.74) is 4.43. The molecule has 0 saturated carbocycles. The van der Waals surface area contributed by atoms with Crippen molar-refractivity contribution in [3.8, 4) is 0 Å². The summed E-state index contributed by atoms with van der Waals surface area (Å²) in [6, 6.07) is 5.56. The van der Waals surface area contributed by atoms with Crippen LogP contribution in [0.15, 0.2) is 58.6 Å². The number of fused-ring (bicyclic) bond motifs is 1. The molecule has 0 fully saturated rings. The van der Waals surface area contributed by atoms with E-state index in [1.165, 1.54) is 6.08 Å². The normalized spacial score (nSPS) is 20.0. The lowest BCUT2D eigenvalue weighted by molar-refractivity contribution is -0.113. The minimum absolute atomic E-state index is 0.320. The number of allylic oxidation sites excluding steroid dienone is 3. The van der Waals surface area contributed by atoms with Crippen LogP contribution in [0, 0.1) is 13.8 Å². The number of aliphatic imine (C=N–C) groups is 1. The Balaban J connectivity index is 1.91. The van der Waals surface area contributed by atoms with Crippen molar-refractivity contribution >= 4 is 27.3 Å². The van der Waals surface area contributed by atoms with Crippen molar-refractivity contribution in [1.82, 2.24) is 0 Å². The fraction of sp³-hybridized carbons (Fsp3) is 0.222. The highest BCUT2D eigenvalue weighted by Gasteiger charge is 2.28. The molecule has 1 atom stereocenters. The largest absolute Gasteiger partial charge is 0.283 e. The lowest BCUT2D eigenvalue weighted by atomic mass is 9.94. The van der Waals surface area contributed by atoms with Crippen molar-refractivity contribution in [3.05, 3.63) is 64.8 Å². The van der Waals surface area contributed by atoms with Gasteiger partial charge in [-0.15, -0.1) is 0 Å². The number of sulfonamides is 1. The number of nitrogens with zero attached hydrogens (tertiary/aromatic N) is 1. The molecular formula is C18H18N2O3S. The van der Waals surface area contributed by atoms with Gasteiger partial charge in [-0.2, -0.15) is 0 Å². The Morgan fingerprint density at radius 2 is 1.92 bits per heavy atom. The molecule has 1 aromatic rings. The van der Waals surface area contributed by atoms with E-state index in [-0.39, 0.29) is 5.91 Å². The van der Waals surface area contributed by atoms with Crippen LogP contribution < -0.4 is 4.72 Å². The Labute approximate surface area is 141 Å². The van der Waals surface area contributed by atoms with Crippen molar-refractivity contribution in [3.63, 3.8) is 0 Å². The van der Waals surface area contributed by atoms with E-state index < -0.39 is 15.3 Å². The maximum atomic E-state index is 12.7. The molecule has 0 saturated heterocycles. The zero-order chi connectivity index (χ0) is 17.5. The summed E-state index contributed by atoms with van der Waals surface area (Å²) in [4.78, 5) is 15.4. The molecular weight excluding hydrogens is 324 g/mol. The van der Waals surface area contributed by atoms with Gasteiger partial charge in [0.15, 0.2) is 0 Å². The highest BCUT2D eigenvalue weighted by atomic mass is 32.2. The van der Waals surface area contributed by atoms with E-state index in [9.17, 15) is 13.2 Å². The van der Waals surface area contributed by atoms with Crippen LogP contribution in [0.3, 0.4) is 0 Å². The zero-order valence-electron chi connectivity index (χ0n) is 13.7. The van der Waals surface area contributed by atoms with E-state index >= 15 is 0 Å². The summed E-state index contributed by atoms with van der Waals surface area (Å²) in [5.74, 6) is -0.320. The Morgan fingerprint density at radius 1 is 1.17 bits per heavy atom. The van der Waals surface area contributed by atoms with Crippen molar-refractivity contribution in [2.45, 2.75) is 26.0 Å². The molecule has 1 aliphatic carbocycles. The quantitative estimate of drug-likeness (QED) is 0.918. The average molecular weight is 342 g/mol. The minimum Gasteiger partial charge on any atom is -0.283 e. The molecule has 1 N–H and O–H groups in total. The van der Waals surface area contributed by atoms with E-state index in [1.54, 1.807) is 31.2 Å². The molecule has 0 aromatic heterocycles. The molecule has 24 heavy (non-hydrogen) atoms. The molecule has 0 bridgehead atoms. The highest BCUT2D eigenvalue weighted by Crippen LogP contribution is 2.26. The molecule has 1 heterocycles. The lowest BCUT2D eigenvalue weighted by Gasteiger charge is -2.21. The lowest BCUT2D eigenvalue weighted by Crippen LogP contribution is -2.29. The number of rotatable bonds is 3. The Bertz CT molecular complexity index is 950. The molecule has 2 aliphatic rings. The summed E-state index contributed by atoms with van der Waals surface area (Å²) in [7, 11) is -3.64. The van der Waals surface area contributed by atoms with Crippen molar-refractivity contribution in [1.29, 1.82) is 0 Å². The Kier molecular flexibility index (Phi) is 4.01. The summed E-state index contributed by atoms with van der Waals surface area (Å²) in [6.07, 6.45) is 6.17. The van der Waals surface area contributed by atoms with Crippen LogP contribution >= 0.6 is 0 Å². The number of hydrogen-bond donors (Lipinski definition) is 1. The summed E-state index contributed by atoms with van der Waals surface area (Å²) in [5, 5.41) is -0.816. The molecule has 5 nitrogen and oxygen atoms in total. The van der Waals surface area contributed by atoms with E-state index in [2.05, 4.69) is 9.71 Å². The van der Waals surface area contributed by atoms with E-state index in [4.69, 9.17) is 0 Å². The molecule has 0 radical (unpaired) electrons.